The molecule has 0 aliphatic carbocycles. The van der Waals surface area contributed by atoms with Crippen LogP contribution in [0, 0.1) is 11.8 Å². The molecule has 0 aromatic carbocycles. The summed E-state index contributed by atoms with van der Waals surface area (Å²) in [5.74, 6) is -0.461. The molecule has 0 saturated carbocycles. The maximum atomic E-state index is 13.8. The smallest absolute Gasteiger partial charge is 0.407 e. The minimum atomic E-state index is -1.06. The average Bonchev–Trinajstić information content (AvgIpc) is 3.33. The largest absolute Gasteiger partial charge is 0.465 e. The van der Waals surface area contributed by atoms with Crippen LogP contribution in [0.3, 0.4) is 0 Å². The van der Waals surface area contributed by atoms with Gasteiger partial charge in [0.2, 0.25) is 5.91 Å². The number of aryl methyl sites for hydroxylation is 1. The third kappa shape index (κ3) is 7.20. The second kappa shape index (κ2) is 12.9. The fourth-order valence-corrected chi connectivity index (χ4v) is 4.95. The molecular formula is C25H40N4O6. The van der Waals surface area contributed by atoms with Gasteiger partial charge in [0.25, 0.3) is 5.91 Å². The number of unbranched alkanes of at least 4 members (excludes halogenated alkanes) is 1. The fourth-order valence-electron chi connectivity index (χ4n) is 4.95. The number of hydrogen-bond donors (Lipinski definition) is 1. The lowest BCUT2D eigenvalue weighted by atomic mass is 9.91. The number of aromatic nitrogens is 1. The van der Waals surface area contributed by atoms with Crippen LogP contribution in [0.4, 0.5) is 4.79 Å². The Morgan fingerprint density at radius 1 is 1.17 bits per heavy atom. The van der Waals surface area contributed by atoms with Crippen molar-refractivity contribution < 1.29 is 29.0 Å². The number of nitrogens with zero attached hydrogens (tertiary/aromatic N) is 4. The molecule has 2 aliphatic heterocycles. The van der Waals surface area contributed by atoms with Gasteiger partial charge in [0.05, 0.1) is 25.2 Å². The van der Waals surface area contributed by atoms with Crippen LogP contribution in [0.1, 0.15) is 43.6 Å². The first-order valence-electron chi connectivity index (χ1n) is 12.6. The SMILES string of the molecule is COCCCCn1cccc1C(=O)N(CC(C)C)[C@H]1C[C@@H](C(=O)N2CCOCC2)CN(C(=O)O)C1. The molecule has 0 spiro atoms. The van der Waals surface area contributed by atoms with Crippen molar-refractivity contribution in [3.63, 3.8) is 0 Å². The van der Waals surface area contributed by atoms with Crippen molar-refractivity contribution in [3.8, 4) is 0 Å². The molecule has 0 radical (unpaired) electrons. The molecule has 10 nitrogen and oxygen atoms in total. The van der Waals surface area contributed by atoms with E-state index in [0.29, 0.717) is 58.1 Å². The number of hydrogen-bond acceptors (Lipinski definition) is 5. The highest BCUT2D eigenvalue weighted by molar-refractivity contribution is 5.93. The number of likely N-dealkylation sites (tertiary alicyclic amines) is 1. The summed E-state index contributed by atoms with van der Waals surface area (Å²) >= 11 is 0. The lowest BCUT2D eigenvalue weighted by Crippen LogP contribution is -2.58. The Bertz CT molecular complexity index is 851. The van der Waals surface area contributed by atoms with E-state index in [1.807, 2.05) is 36.7 Å². The maximum absolute atomic E-state index is 13.8. The summed E-state index contributed by atoms with van der Waals surface area (Å²) in [4.78, 5) is 43.9. The van der Waals surface area contributed by atoms with E-state index in [1.54, 1.807) is 16.9 Å². The Balaban J connectivity index is 1.81. The van der Waals surface area contributed by atoms with E-state index in [2.05, 4.69) is 0 Å². The molecule has 2 saturated heterocycles. The van der Waals surface area contributed by atoms with Crippen molar-refractivity contribution in [2.24, 2.45) is 11.8 Å². The summed E-state index contributed by atoms with van der Waals surface area (Å²) in [5, 5.41) is 9.80. The Morgan fingerprint density at radius 2 is 1.91 bits per heavy atom. The van der Waals surface area contributed by atoms with Gasteiger partial charge < -0.3 is 33.8 Å². The molecule has 1 N–H and O–H groups in total. The van der Waals surface area contributed by atoms with E-state index < -0.39 is 12.0 Å². The Morgan fingerprint density at radius 3 is 2.57 bits per heavy atom. The zero-order valence-electron chi connectivity index (χ0n) is 21.2. The van der Waals surface area contributed by atoms with Crippen molar-refractivity contribution in [3.05, 3.63) is 24.0 Å². The number of carboxylic acid groups (broad SMARTS) is 1. The molecule has 10 heteroatoms. The Hall–Kier alpha value is -2.59. The van der Waals surface area contributed by atoms with Crippen molar-refractivity contribution in [2.45, 2.75) is 45.7 Å². The number of carbonyl (C=O) groups excluding carboxylic acids is 2. The zero-order valence-corrected chi connectivity index (χ0v) is 21.2. The van der Waals surface area contributed by atoms with Crippen LogP contribution in [0.5, 0.6) is 0 Å². The van der Waals surface area contributed by atoms with Gasteiger partial charge in [-0.2, -0.15) is 0 Å². The van der Waals surface area contributed by atoms with Crippen LogP contribution < -0.4 is 0 Å². The summed E-state index contributed by atoms with van der Waals surface area (Å²) in [6.45, 7) is 8.31. The van der Waals surface area contributed by atoms with Gasteiger partial charge in [0.15, 0.2) is 0 Å². The number of amides is 3. The van der Waals surface area contributed by atoms with Crippen molar-refractivity contribution >= 4 is 17.9 Å². The van der Waals surface area contributed by atoms with Gasteiger partial charge in [0.1, 0.15) is 5.69 Å². The molecule has 196 valence electrons. The molecule has 2 atom stereocenters. The summed E-state index contributed by atoms with van der Waals surface area (Å²) in [6, 6.07) is 3.31. The third-order valence-corrected chi connectivity index (χ3v) is 6.68. The highest BCUT2D eigenvalue weighted by Crippen LogP contribution is 2.26. The first-order chi connectivity index (χ1) is 16.8. The topological polar surface area (TPSA) is 105 Å². The van der Waals surface area contributed by atoms with Crippen LogP contribution >= 0.6 is 0 Å². The van der Waals surface area contributed by atoms with Gasteiger partial charge in [-0.05, 0) is 37.3 Å². The minimum absolute atomic E-state index is 0.0530. The van der Waals surface area contributed by atoms with Gasteiger partial charge in [-0.1, -0.05) is 13.8 Å². The van der Waals surface area contributed by atoms with E-state index in [4.69, 9.17) is 9.47 Å². The van der Waals surface area contributed by atoms with Gasteiger partial charge in [-0.15, -0.1) is 0 Å². The Kier molecular flexibility index (Phi) is 9.97. The van der Waals surface area contributed by atoms with Crippen LogP contribution in [-0.2, 0) is 20.8 Å². The highest BCUT2D eigenvalue weighted by Gasteiger charge is 2.40. The second-order valence-corrected chi connectivity index (χ2v) is 9.85. The molecule has 0 bridgehead atoms. The zero-order chi connectivity index (χ0) is 25.4. The third-order valence-electron chi connectivity index (χ3n) is 6.68. The number of rotatable bonds is 10. The quantitative estimate of drug-likeness (QED) is 0.503. The van der Waals surface area contributed by atoms with Gasteiger partial charge in [-0.3, -0.25) is 9.59 Å². The standard InChI is InChI=1S/C25H40N4O6/c1-19(2)16-29(24(31)22-7-6-9-26(22)8-4-5-12-34-3)21-15-20(17-28(18-21)25(32)33)23(30)27-10-13-35-14-11-27/h6-7,9,19-21H,4-5,8,10-18H2,1-3H3,(H,32,33)/t20-,21+/m1/s1. The Labute approximate surface area is 207 Å². The van der Waals surface area contributed by atoms with Crippen molar-refractivity contribution in [2.75, 3.05) is 59.7 Å². The number of carbonyl (C=O) groups is 3. The van der Waals surface area contributed by atoms with Gasteiger partial charge in [-0.25, -0.2) is 4.79 Å². The van der Waals surface area contributed by atoms with Crippen LogP contribution in [-0.4, -0.2) is 108 Å². The summed E-state index contributed by atoms with van der Waals surface area (Å²) < 4.78 is 12.5. The first-order valence-corrected chi connectivity index (χ1v) is 12.6. The molecule has 35 heavy (non-hydrogen) atoms. The summed E-state index contributed by atoms with van der Waals surface area (Å²) in [5.41, 5.74) is 0.589. The van der Waals surface area contributed by atoms with Crippen LogP contribution in [0.15, 0.2) is 18.3 Å². The predicted molar refractivity (Wildman–Crippen MR) is 130 cm³/mol. The summed E-state index contributed by atoms with van der Waals surface area (Å²) in [7, 11) is 1.68. The fraction of sp³-hybridized carbons (Fsp3) is 0.720. The van der Waals surface area contributed by atoms with E-state index in [1.165, 1.54) is 4.90 Å². The van der Waals surface area contributed by atoms with Crippen molar-refractivity contribution in [1.82, 2.24) is 19.3 Å². The number of methoxy groups -OCH3 is 1. The molecule has 3 amide bonds. The minimum Gasteiger partial charge on any atom is -0.465 e. The lowest BCUT2D eigenvalue weighted by molar-refractivity contribution is -0.142. The van der Waals surface area contributed by atoms with E-state index in [-0.39, 0.29) is 36.9 Å². The second-order valence-electron chi connectivity index (χ2n) is 9.85. The highest BCUT2D eigenvalue weighted by atomic mass is 16.5. The predicted octanol–water partition coefficient (Wildman–Crippen LogP) is 2.24. The average molecular weight is 493 g/mol. The summed E-state index contributed by atoms with van der Waals surface area (Å²) in [6.07, 6.45) is 3.09. The molecule has 2 aliphatic rings. The first kappa shape index (κ1) is 27.0. The van der Waals surface area contributed by atoms with E-state index >= 15 is 0 Å². The molecule has 1 aromatic heterocycles. The number of ether oxygens (including phenoxy) is 2. The van der Waals surface area contributed by atoms with E-state index in [0.717, 1.165) is 12.8 Å². The maximum Gasteiger partial charge on any atom is 0.407 e. The lowest BCUT2D eigenvalue weighted by Gasteiger charge is -2.43. The van der Waals surface area contributed by atoms with Gasteiger partial charge >= 0.3 is 6.09 Å². The van der Waals surface area contributed by atoms with E-state index in [9.17, 15) is 19.5 Å². The normalized spacial score (nSPS) is 20.8. The molecule has 1 aromatic rings. The molecule has 2 fully saturated rings. The monoisotopic (exact) mass is 492 g/mol. The molecule has 3 heterocycles. The van der Waals surface area contributed by atoms with Crippen LogP contribution in [0.25, 0.3) is 0 Å². The van der Waals surface area contributed by atoms with Crippen molar-refractivity contribution in [1.29, 1.82) is 0 Å². The molecular weight excluding hydrogens is 452 g/mol. The van der Waals surface area contributed by atoms with Gasteiger partial charge in [0, 0.05) is 59.2 Å². The molecule has 0 unspecified atom stereocenters. The van der Waals surface area contributed by atoms with Crippen LogP contribution in [0.2, 0.25) is 0 Å². The number of piperidine rings is 1. The number of morpholine rings is 1. The molecule has 3 rings (SSSR count).